The van der Waals surface area contributed by atoms with Crippen LogP contribution in [0.15, 0.2) is 65.0 Å². The van der Waals surface area contributed by atoms with E-state index in [4.69, 9.17) is 15.2 Å². The van der Waals surface area contributed by atoms with Gasteiger partial charge in [-0.3, -0.25) is 4.79 Å². The van der Waals surface area contributed by atoms with Crippen molar-refractivity contribution in [1.29, 1.82) is 0 Å². The summed E-state index contributed by atoms with van der Waals surface area (Å²) in [4.78, 5) is 46.4. The van der Waals surface area contributed by atoms with Gasteiger partial charge in [-0.2, -0.15) is 0 Å². The van der Waals surface area contributed by atoms with Crippen LogP contribution < -0.4 is 10.5 Å². The molecule has 1 amide bonds. The summed E-state index contributed by atoms with van der Waals surface area (Å²) in [6, 6.07) is 13.4. The van der Waals surface area contributed by atoms with E-state index in [0.717, 1.165) is 0 Å². The lowest BCUT2D eigenvalue weighted by Crippen LogP contribution is -2.33. The van der Waals surface area contributed by atoms with Crippen LogP contribution in [0.2, 0.25) is 0 Å². The quantitative estimate of drug-likeness (QED) is 0.517. The fourth-order valence-electron chi connectivity index (χ4n) is 3.97. The van der Waals surface area contributed by atoms with Gasteiger partial charge in [0.05, 0.1) is 5.56 Å². The Labute approximate surface area is 168 Å². The van der Waals surface area contributed by atoms with E-state index >= 15 is 0 Å². The third-order valence-corrected chi connectivity index (χ3v) is 5.27. The lowest BCUT2D eigenvalue weighted by Gasteiger charge is -2.36. The van der Waals surface area contributed by atoms with Crippen LogP contribution in [0.3, 0.4) is 0 Å². The predicted molar refractivity (Wildman–Crippen MR) is 104 cm³/mol. The summed E-state index contributed by atoms with van der Waals surface area (Å²) in [6.45, 7) is 0. The fraction of sp³-hybridized carbons (Fsp3) is 0.0476. The molecule has 2 N–H and O–H groups in total. The molecule has 0 radical (unpaired) electrons. The molecule has 1 spiro atoms. The average Bonchev–Trinajstić information content (AvgIpc) is 3.05. The molecule has 3 aromatic rings. The Morgan fingerprint density at radius 3 is 1.93 bits per heavy atom. The molecule has 9 heteroatoms. The molecule has 0 aliphatic carbocycles. The third kappa shape index (κ3) is 2.23. The number of nitroso groups, excluding NO2 is 2. The van der Waals surface area contributed by atoms with Crippen LogP contribution in [0.5, 0.6) is 11.5 Å². The molecule has 3 aromatic carbocycles. The average molecular weight is 401 g/mol. The Bertz CT molecular complexity index is 1240. The molecule has 2 heterocycles. The van der Waals surface area contributed by atoms with Gasteiger partial charge in [0.2, 0.25) is 5.91 Å². The van der Waals surface area contributed by atoms with Crippen LogP contribution in [0.25, 0.3) is 0 Å². The molecule has 0 unspecified atom stereocenters. The first-order valence-electron chi connectivity index (χ1n) is 8.79. The first-order valence-corrected chi connectivity index (χ1v) is 8.79. The van der Waals surface area contributed by atoms with Crippen LogP contribution in [0.1, 0.15) is 37.4 Å². The van der Waals surface area contributed by atoms with Crippen molar-refractivity contribution in [2.24, 2.45) is 16.1 Å². The Morgan fingerprint density at radius 1 is 0.833 bits per heavy atom. The van der Waals surface area contributed by atoms with E-state index in [0.29, 0.717) is 16.7 Å². The SMILES string of the molecule is NC(=O)c1ccc2c(c1)C(=O)OC21c2ccc(N=O)cc2Oc2cc(N=O)ccc21. The summed E-state index contributed by atoms with van der Waals surface area (Å²) in [6.07, 6.45) is 0. The van der Waals surface area contributed by atoms with Gasteiger partial charge >= 0.3 is 5.97 Å². The highest BCUT2D eigenvalue weighted by molar-refractivity contribution is 6.01. The van der Waals surface area contributed by atoms with Gasteiger partial charge in [-0.15, -0.1) is 9.81 Å². The summed E-state index contributed by atoms with van der Waals surface area (Å²) in [7, 11) is 0. The molecular formula is C21H11N3O6. The number of rotatable bonds is 3. The van der Waals surface area contributed by atoms with Gasteiger partial charge in [0.15, 0.2) is 5.60 Å². The van der Waals surface area contributed by atoms with Crippen molar-refractivity contribution >= 4 is 23.3 Å². The second kappa shape index (κ2) is 6.05. The Hall–Kier alpha value is -4.40. The number of benzene rings is 3. The standard InChI is InChI=1S/C21H11N3O6/c22-19(25)10-1-4-14-13(7-10)20(26)30-21(14)15-5-2-11(23-27)8-17(15)29-18-9-12(24-28)3-6-16(18)21/h1-9H,(H2,22,25). The second-order valence-corrected chi connectivity index (χ2v) is 6.84. The van der Waals surface area contributed by atoms with Crippen LogP contribution >= 0.6 is 0 Å². The molecule has 2 aliphatic rings. The molecule has 2 aliphatic heterocycles. The van der Waals surface area contributed by atoms with Crippen molar-refractivity contribution in [2.45, 2.75) is 5.60 Å². The number of carbonyl (C=O) groups is 2. The highest BCUT2D eigenvalue weighted by atomic mass is 16.6. The van der Waals surface area contributed by atoms with Gasteiger partial charge in [-0.05, 0) is 46.8 Å². The van der Waals surface area contributed by atoms with E-state index < -0.39 is 17.5 Å². The van der Waals surface area contributed by atoms with E-state index in [9.17, 15) is 19.4 Å². The number of hydrogen-bond acceptors (Lipinski definition) is 8. The minimum Gasteiger partial charge on any atom is -0.456 e. The lowest BCUT2D eigenvalue weighted by molar-refractivity contribution is 0.0224. The maximum atomic E-state index is 12.8. The van der Waals surface area contributed by atoms with Crippen molar-refractivity contribution < 1.29 is 19.1 Å². The van der Waals surface area contributed by atoms with Gasteiger partial charge in [0, 0.05) is 34.4 Å². The molecule has 0 bridgehead atoms. The van der Waals surface area contributed by atoms with Gasteiger partial charge in [0.1, 0.15) is 22.9 Å². The summed E-state index contributed by atoms with van der Waals surface area (Å²) in [5.41, 5.74) is 5.92. The molecule has 5 rings (SSSR count). The summed E-state index contributed by atoms with van der Waals surface area (Å²) >= 11 is 0. The first-order chi connectivity index (χ1) is 14.5. The Balaban J connectivity index is 1.85. The van der Waals surface area contributed by atoms with Crippen LogP contribution in [0, 0.1) is 9.81 Å². The summed E-state index contributed by atoms with van der Waals surface area (Å²) in [5.74, 6) is -0.852. The van der Waals surface area contributed by atoms with E-state index in [-0.39, 0.29) is 34.0 Å². The molecule has 146 valence electrons. The van der Waals surface area contributed by atoms with E-state index in [1.807, 2.05) is 0 Å². The third-order valence-electron chi connectivity index (χ3n) is 5.27. The van der Waals surface area contributed by atoms with E-state index in [2.05, 4.69) is 10.4 Å². The van der Waals surface area contributed by atoms with Crippen LogP contribution in [-0.4, -0.2) is 11.9 Å². The molecule has 0 saturated carbocycles. The molecule has 0 fully saturated rings. The molecule has 0 atom stereocenters. The number of nitrogens with zero attached hydrogens (tertiary/aromatic N) is 2. The zero-order valence-corrected chi connectivity index (χ0v) is 15.1. The predicted octanol–water partition coefficient (Wildman–Crippen LogP) is 4.15. The second-order valence-electron chi connectivity index (χ2n) is 6.84. The minimum absolute atomic E-state index is 0.116. The van der Waals surface area contributed by atoms with Crippen molar-refractivity contribution in [3.8, 4) is 11.5 Å². The zero-order chi connectivity index (χ0) is 21.0. The van der Waals surface area contributed by atoms with Crippen molar-refractivity contribution in [3.05, 3.63) is 92.2 Å². The number of carbonyl (C=O) groups excluding carboxylic acids is 2. The molecule has 30 heavy (non-hydrogen) atoms. The number of esters is 1. The number of primary amides is 1. The summed E-state index contributed by atoms with van der Waals surface area (Å²) in [5, 5.41) is 5.83. The van der Waals surface area contributed by atoms with E-state index in [1.54, 1.807) is 18.2 Å². The maximum absolute atomic E-state index is 12.8. The zero-order valence-electron chi connectivity index (χ0n) is 15.1. The first kappa shape index (κ1) is 17.7. The molecule has 0 saturated heterocycles. The highest BCUT2D eigenvalue weighted by Gasteiger charge is 2.53. The Morgan fingerprint density at radius 2 is 1.40 bits per heavy atom. The van der Waals surface area contributed by atoms with Crippen LogP contribution in [-0.2, 0) is 10.3 Å². The summed E-state index contributed by atoms with van der Waals surface area (Å²) < 4.78 is 11.8. The van der Waals surface area contributed by atoms with Crippen molar-refractivity contribution in [2.75, 3.05) is 0 Å². The maximum Gasteiger partial charge on any atom is 0.340 e. The van der Waals surface area contributed by atoms with E-state index in [1.165, 1.54) is 36.4 Å². The molecule has 0 aromatic heterocycles. The van der Waals surface area contributed by atoms with Gasteiger partial charge in [-0.1, -0.05) is 6.07 Å². The molecule has 9 nitrogen and oxygen atoms in total. The molecular weight excluding hydrogens is 390 g/mol. The number of fused-ring (bicyclic) bond motifs is 6. The largest absolute Gasteiger partial charge is 0.456 e. The normalized spacial score (nSPS) is 14.7. The lowest BCUT2D eigenvalue weighted by atomic mass is 9.77. The van der Waals surface area contributed by atoms with Crippen molar-refractivity contribution in [3.63, 3.8) is 0 Å². The topological polar surface area (TPSA) is 137 Å². The number of ether oxygens (including phenoxy) is 2. The van der Waals surface area contributed by atoms with Gasteiger partial charge in [0.25, 0.3) is 0 Å². The number of hydrogen-bond donors (Lipinski definition) is 1. The minimum atomic E-state index is -1.41. The van der Waals surface area contributed by atoms with Crippen LogP contribution in [0.4, 0.5) is 11.4 Å². The smallest absolute Gasteiger partial charge is 0.340 e. The Kier molecular flexibility index (Phi) is 3.56. The van der Waals surface area contributed by atoms with Gasteiger partial charge in [-0.25, -0.2) is 4.79 Å². The number of nitrogens with two attached hydrogens (primary N) is 1. The highest BCUT2D eigenvalue weighted by Crippen LogP contribution is 2.57. The number of amides is 1. The fourth-order valence-corrected chi connectivity index (χ4v) is 3.97. The monoisotopic (exact) mass is 401 g/mol. The van der Waals surface area contributed by atoms with Crippen molar-refractivity contribution in [1.82, 2.24) is 0 Å². The van der Waals surface area contributed by atoms with Gasteiger partial charge < -0.3 is 15.2 Å².